The number of hydrogen-bond acceptors (Lipinski definition) is 3. The molecule has 0 aliphatic heterocycles. The number of likely N-dealkylation sites (N-methyl/N-ethyl adjacent to an activating group) is 1. The van der Waals surface area contributed by atoms with Crippen molar-refractivity contribution in [3.8, 4) is 0 Å². The number of halogens is 1. The summed E-state index contributed by atoms with van der Waals surface area (Å²) in [5.74, 6) is -1.31. The largest absolute Gasteiger partial charge is 0.481 e. The molecule has 0 aromatic heterocycles. The lowest BCUT2D eigenvalue weighted by molar-refractivity contribution is -0.137. The predicted octanol–water partition coefficient (Wildman–Crippen LogP) is 0.891. The van der Waals surface area contributed by atoms with Gasteiger partial charge in [-0.05, 0) is 31.2 Å². The second-order valence-electron chi connectivity index (χ2n) is 4.61. The maximum Gasteiger partial charge on any atom is 0.304 e. The van der Waals surface area contributed by atoms with E-state index in [2.05, 4.69) is 5.32 Å². The van der Waals surface area contributed by atoms with Crippen LogP contribution in [0.15, 0.2) is 24.3 Å². The molecular formula is C14H19FN2O3. The SMILES string of the molecule is CN(CCC(=O)O)CC(=O)NCCc1ccc(F)cc1. The molecule has 0 fully saturated rings. The number of nitrogens with one attached hydrogen (secondary N) is 1. The van der Waals surface area contributed by atoms with Crippen molar-refractivity contribution in [3.05, 3.63) is 35.6 Å². The third-order valence-electron chi connectivity index (χ3n) is 2.77. The Morgan fingerprint density at radius 1 is 1.30 bits per heavy atom. The van der Waals surface area contributed by atoms with E-state index in [4.69, 9.17) is 5.11 Å². The zero-order chi connectivity index (χ0) is 15.0. The van der Waals surface area contributed by atoms with Gasteiger partial charge in [0.2, 0.25) is 5.91 Å². The van der Waals surface area contributed by atoms with Crippen LogP contribution in [0, 0.1) is 5.82 Å². The number of amides is 1. The number of rotatable bonds is 8. The smallest absolute Gasteiger partial charge is 0.304 e. The molecule has 1 aromatic rings. The standard InChI is InChI=1S/C14H19FN2O3/c1-17(9-7-14(19)20)10-13(18)16-8-6-11-2-4-12(15)5-3-11/h2-5H,6-10H2,1H3,(H,16,18)(H,19,20). The maximum absolute atomic E-state index is 12.7. The molecular weight excluding hydrogens is 263 g/mol. The van der Waals surface area contributed by atoms with Crippen LogP contribution < -0.4 is 5.32 Å². The van der Waals surface area contributed by atoms with E-state index in [1.807, 2.05) is 0 Å². The van der Waals surface area contributed by atoms with E-state index in [0.29, 0.717) is 19.5 Å². The Kier molecular flexibility index (Phi) is 6.66. The summed E-state index contributed by atoms with van der Waals surface area (Å²) in [5.41, 5.74) is 0.950. The summed E-state index contributed by atoms with van der Waals surface area (Å²) in [6.07, 6.45) is 0.643. The minimum Gasteiger partial charge on any atom is -0.481 e. The fourth-order valence-corrected chi connectivity index (χ4v) is 1.66. The first-order valence-corrected chi connectivity index (χ1v) is 6.39. The van der Waals surface area contributed by atoms with E-state index in [0.717, 1.165) is 5.56 Å². The van der Waals surface area contributed by atoms with Crippen LogP contribution in [0.3, 0.4) is 0 Å². The monoisotopic (exact) mass is 282 g/mol. The Labute approximate surface area is 117 Å². The molecule has 0 unspecified atom stereocenters. The van der Waals surface area contributed by atoms with E-state index in [1.165, 1.54) is 12.1 Å². The van der Waals surface area contributed by atoms with Crippen LogP contribution in [0.5, 0.6) is 0 Å². The van der Waals surface area contributed by atoms with Crippen molar-refractivity contribution < 1.29 is 19.1 Å². The average molecular weight is 282 g/mol. The van der Waals surface area contributed by atoms with Crippen LogP contribution in [-0.4, -0.2) is 48.6 Å². The molecule has 0 aliphatic rings. The van der Waals surface area contributed by atoms with Gasteiger partial charge in [0.25, 0.3) is 0 Å². The Morgan fingerprint density at radius 3 is 2.55 bits per heavy atom. The number of nitrogens with zero attached hydrogens (tertiary/aromatic N) is 1. The van der Waals surface area contributed by atoms with Gasteiger partial charge >= 0.3 is 5.97 Å². The van der Waals surface area contributed by atoms with Crippen LogP contribution in [-0.2, 0) is 16.0 Å². The molecule has 0 atom stereocenters. The van der Waals surface area contributed by atoms with Gasteiger partial charge in [-0.25, -0.2) is 4.39 Å². The third-order valence-corrected chi connectivity index (χ3v) is 2.77. The highest BCUT2D eigenvalue weighted by Crippen LogP contribution is 2.02. The Hall–Kier alpha value is -1.95. The van der Waals surface area contributed by atoms with Crippen molar-refractivity contribution in [3.63, 3.8) is 0 Å². The summed E-state index contributed by atoms with van der Waals surface area (Å²) >= 11 is 0. The third kappa shape index (κ3) is 6.84. The first kappa shape index (κ1) is 16.1. The second kappa shape index (κ2) is 8.27. The molecule has 0 radical (unpaired) electrons. The van der Waals surface area contributed by atoms with Crippen LogP contribution in [0.1, 0.15) is 12.0 Å². The summed E-state index contributed by atoms with van der Waals surface area (Å²) in [5, 5.41) is 11.3. The minimum absolute atomic E-state index is 0.0133. The molecule has 1 amide bonds. The molecule has 20 heavy (non-hydrogen) atoms. The van der Waals surface area contributed by atoms with E-state index in [9.17, 15) is 14.0 Å². The molecule has 0 bridgehead atoms. The van der Waals surface area contributed by atoms with E-state index >= 15 is 0 Å². The molecule has 0 saturated carbocycles. The first-order valence-electron chi connectivity index (χ1n) is 6.39. The van der Waals surface area contributed by atoms with Crippen molar-refractivity contribution in [2.24, 2.45) is 0 Å². The molecule has 0 heterocycles. The lowest BCUT2D eigenvalue weighted by Crippen LogP contribution is -2.36. The van der Waals surface area contributed by atoms with E-state index in [1.54, 1.807) is 24.1 Å². The lowest BCUT2D eigenvalue weighted by Gasteiger charge is -2.14. The fraction of sp³-hybridized carbons (Fsp3) is 0.429. The number of carboxylic acids is 1. The van der Waals surface area contributed by atoms with Crippen LogP contribution >= 0.6 is 0 Å². The minimum atomic E-state index is -0.881. The van der Waals surface area contributed by atoms with Crippen LogP contribution in [0.4, 0.5) is 4.39 Å². The van der Waals surface area contributed by atoms with Gasteiger partial charge in [0.1, 0.15) is 5.82 Å². The van der Waals surface area contributed by atoms with Gasteiger partial charge in [-0.3, -0.25) is 14.5 Å². The molecule has 6 heteroatoms. The summed E-state index contributed by atoms with van der Waals surface area (Å²) in [7, 11) is 1.70. The van der Waals surface area contributed by atoms with E-state index < -0.39 is 5.97 Å². The molecule has 1 rings (SSSR count). The van der Waals surface area contributed by atoms with Crippen molar-refractivity contribution in [1.29, 1.82) is 0 Å². The first-order chi connectivity index (χ1) is 9.47. The van der Waals surface area contributed by atoms with Crippen molar-refractivity contribution in [2.75, 3.05) is 26.7 Å². The van der Waals surface area contributed by atoms with Gasteiger partial charge in [-0.1, -0.05) is 12.1 Å². The molecule has 2 N–H and O–H groups in total. The molecule has 0 spiro atoms. The van der Waals surface area contributed by atoms with Crippen LogP contribution in [0.25, 0.3) is 0 Å². The lowest BCUT2D eigenvalue weighted by atomic mass is 10.1. The highest BCUT2D eigenvalue weighted by atomic mass is 19.1. The highest BCUT2D eigenvalue weighted by molar-refractivity contribution is 5.78. The van der Waals surface area contributed by atoms with Crippen molar-refractivity contribution >= 4 is 11.9 Å². The zero-order valence-corrected chi connectivity index (χ0v) is 11.4. The molecule has 110 valence electrons. The van der Waals surface area contributed by atoms with Gasteiger partial charge < -0.3 is 10.4 Å². The van der Waals surface area contributed by atoms with Gasteiger partial charge in [0, 0.05) is 13.1 Å². The van der Waals surface area contributed by atoms with Gasteiger partial charge in [0.05, 0.1) is 13.0 Å². The molecule has 0 saturated heterocycles. The van der Waals surface area contributed by atoms with E-state index in [-0.39, 0.29) is 24.7 Å². The Balaban J connectivity index is 2.19. The van der Waals surface area contributed by atoms with Gasteiger partial charge in [-0.15, -0.1) is 0 Å². The van der Waals surface area contributed by atoms with Gasteiger partial charge in [-0.2, -0.15) is 0 Å². The highest BCUT2D eigenvalue weighted by Gasteiger charge is 2.07. The summed E-state index contributed by atoms with van der Waals surface area (Å²) in [6.45, 7) is 0.967. The van der Waals surface area contributed by atoms with Crippen LogP contribution in [0.2, 0.25) is 0 Å². The number of aliphatic carboxylic acids is 1. The average Bonchev–Trinajstić information content (AvgIpc) is 2.38. The topological polar surface area (TPSA) is 69.6 Å². The normalized spacial score (nSPS) is 10.6. The second-order valence-corrected chi connectivity index (χ2v) is 4.61. The number of carbonyl (C=O) groups is 2. The maximum atomic E-state index is 12.7. The Morgan fingerprint density at radius 2 is 1.95 bits per heavy atom. The molecule has 0 aliphatic carbocycles. The Bertz CT molecular complexity index is 448. The summed E-state index contributed by atoms with van der Waals surface area (Å²) in [6, 6.07) is 6.13. The van der Waals surface area contributed by atoms with Gasteiger partial charge in [0.15, 0.2) is 0 Å². The fourth-order valence-electron chi connectivity index (χ4n) is 1.66. The number of carboxylic acid groups (broad SMARTS) is 1. The predicted molar refractivity (Wildman–Crippen MR) is 72.9 cm³/mol. The number of hydrogen-bond donors (Lipinski definition) is 2. The number of benzene rings is 1. The zero-order valence-electron chi connectivity index (χ0n) is 11.4. The van der Waals surface area contributed by atoms with Crippen molar-refractivity contribution in [2.45, 2.75) is 12.8 Å². The summed E-state index contributed by atoms with van der Waals surface area (Å²) < 4.78 is 12.7. The molecule has 5 nitrogen and oxygen atoms in total. The van der Waals surface area contributed by atoms with Crippen molar-refractivity contribution in [1.82, 2.24) is 10.2 Å². The quantitative estimate of drug-likeness (QED) is 0.743. The summed E-state index contributed by atoms with van der Waals surface area (Å²) in [4.78, 5) is 23.6. The number of carbonyl (C=O) groups excluding carboxylic acids is 1. The molecule has 1 aromatic carbocycles.